The number of nitrogens with zero attached hydrogens (tertiary/aromatic N) is 3. The third-order valence-electron chi connectivity index (χ3n) is 3.02. The smallest absolute Gasteiger partial charge is 0.225 e. The van der Waals surface area contributed by atoms with Gasteiger partial charge in [-0.2, -0.15) is 0 Å². The quantitative estimate of drug-likeness (QED) is 0.780. The van der Waals surface area contributed by atoms with E-state index in [9.17, 15) is 0 Å². The number of aromatic nitrogens is 2. The van der Waals surface area contributed by atoms with Crippen LogP contribution in [0.4, 0.5) is 5.95 Å². The van der Waals surface area contributed by atoms with Crippen LogP contribution >= 0.6 is 0 Å². The zero-order valence-corrected chi connectivity index (χ0v) is 10.2. The monoisotopic (exact) mass is 221 g/mol. The standard InChI is InChI=1S/C12H19N3O/c1-9(2)11-4-6-13-12(14-11)15-7-5-10(8-15)16-3/h4,6,9-10H,5,7-8H2,1-3H3/t10-/m0/s1. The lowest BCUT2D eigenvalue weighted by molar-refractivity contribution is 0.121. The van der Waals surface area contributed by atoms with Crippen molar-refractivity contribution >= 4 is 5.95 Å². The van der Waals surface area contributed by atoms with Crippen LogP contribution in [0.5, 0.6) is 0 Å². The Kier molecular flexibility index (Phi) is 3.39. The van der Waals surface area contributed by atoms with Gasteiger partial charge < -0.3 is 9.64 Å². The van der Waals surface area contributed by atoms with Crippen molar-refractivity contribution in [3.05, 3.63) is 18.0 Å². The molecule has 1 saturated heterocycles. The average molecular weight is 221 g/mol. The summed E-state index contributed by atoms with van der Waals surface area (Å²) in [7, 11) is 1.76. The van der Waals surface area contributed by atoms with Crippen molar-refractivity contribution in [1.82, 2.24) is 9.97 Å². The molecule has 4 heteroatoms. The second-order valence-corrected chi connectivity index (χ2v) is 4.53. The molecule has 0 aromatic carbocycles. The lowest BCUT2D eigenvalue weighted by atomic mass is 10.1. The number of methoxy groups -OCH3 is 1. The van der Waals surface area contributed by atoms with E-state index in [0.717, 1.165) is 31.2 Å². The van der Waals surface area contributed by atoms with Gasteiger partial charge in [-0.1, -0.05) is 13.8 Å². The highest BCUT2D eigenvalue weighted by Crippen LogP contribution is 2.19. The largest absolute Gasteiger partial charge is 0.380 e. The molecule has 16 heavy (non-hydrogen) atoms. The second-order valence-electron chi connectivity index (χ2n) is 4.53. The van der Waals surface area contributed by atoms with Gasteiger partial charge in [0.25, 0.3) is 0 Å². The first-order chi connectivity index (χ1) is 7.70. The highest BCUT2D eigenvalue weighted by Gasteiger charge is 2.24. The van der Waals surface area contributed by atoms with E-state index in [2.05, 4.69) is 28.7 Å². The van der Waals surface area contributed by atoms with E-state index in [1.54, 1.807) is 7.11 Å². The van der Waals surface area contributed by atoms with Gasteiger partial charge in [0.05, 0.1) is 6.10 Å². The molecule has 1 fully saturated rings. The Morgan fingerprint density at radius 1 is 1.50 bits per heavy atom. The van der Waals surface area contributed by atoms with E-state index in [0.29, 0.717) is 12.0 Å². The lowest BCUT2D eigenvalue weighted by Crippen LogP contribution is -2.24. The lowest BCUT2D eigenvalue weighted by Gasteiger charge is -2.17. The predicted molar refractivity (Wildman–Crippen MR) is 63.7 cm³/mol. The number of hydrogen-bond acceptors (Lipinski definition) is 4. The minimum Gasteiger partial charge on any atom is -0.380 e. The summed E-state index contributed by atoms with van der Waals surface area (Å²) in [4.78, 5) is 11.1. The molecule has 0 unspecified atom stereocenters. The Morgan fingerprint density at radius 3 is 2.94 bits per heavy atom. The molecule has 1 aromatic rings. The fourth-order valence-electron chi connectivity index (χ4n) is 1.94. The molecule has 0 saturated carbocycles. The average Bonchev–Trinajstić information content (AvgIpc) is 2.77. The van der Waals surface area contributed by atoms with E-state index < -0.39 is 0 Å². The Balaban J connectivity index is 2.12. The molecule has 4 nitrogen and oxygen atoms in total. The number of ether oxygens (including phenoxy) is 1. The molecule has 0 radical (unpaired) electrons. The molecule has 1 aliphatic rings. The Labute approximate surface area is 96.7 Å². The SMILES string of the molecule is CO[C@H]1CCN(c2nccc(C(C)C)n2)C1. The van der Waals surface area contributed by atoms with Gasteiger partial charge >= 0.3 is 0 Å². The summed E-state index contributed by atoms with van der Waals surface area (Å²) in [5, 5.41) is 0. The van der Waals surface area contributed by atoms with Crippen molar-refractivity contribution < 1.29 is 4.74 Å². The van der Waals surface area contributed by atoms with Crippen molar-refractivity contribution in [3.8, 4) is 0 Å². The molecule has 1 atom stereocenters. The van der Waals surface area contributed by atoms with Crippen LogP contribution in [0, 0.1) is 0 Å². The van der Waals surface area contributed by atoms with Crippen LogP contribution in [0.1, 0.15) is 31.9 Å². The molecular weight excluding hydrogens is 202 g/mol. The summed E-state index contributed by atoms with van der Waals surface area (Å²) >= 11 is 0. The third kappa shape index (κ3) is 2.32. The molecule has 1 aromatic heterocycles. The van der Waals surface area contributed by atoms with E-state index in [1.165, 1.54) is 0 Å². The highest BCUT2D eigenvalue weighted by molar-refractivity contribution is 5.32. The third-order valence-corrected chi connectivity index (χ3v) is 3.02. The maximum atomic E-state index is 5.34. The van der Waals surface area contributed by atoms with Crippen LogP contribution in [0.15, 0.2) is 12.3 Å². The minimum absolute atomic E-state index is 0.325. The molecule has 1 aliphatic heterocycles. The van der Waals surface area contributed by atoms with Crippen molar-refractivity contribution in [2.45, 2.75) is 32.3 Å². The first kappa shape index (κ1) is 11.3. The molecule has 0 aliphatic carbocycles. The van der Waals surface area contributed by atoms with Crippen molar-refractivity contribution in [3.63, 3.8) is 0 Å². The molecular formula is C12H19N3O. The molecule has 0 amide bonds. The zero-order valence-electron chi connectivity index (χ0n) is 10.2. The molecule has 0 N–H and O–H groups in total. The Hall–Kier alpha value is -1.16. The predicted octanol–water partition coefficient (Wildman–Crippen LogP) is 1.83. The van der Waals surface area contributed by atoms with Gasteiger partial charge in [-0.3, -0.25) is 0 Å². The summed E-state index contributed by atoms with van der Waals surface area (Å²) in [6, 6.07) is 1.98. The van der Waals surface area contributed by atoms with Crippen LogP contribution in [0.25, 0.3) is 0 Å². The summed E-state index contributed by atoms with van der Waals surface area (Å²) in [6.07, 6.45) is 3.23. The summed E-state index contributed by atoms with van der Waals surface area (Å²) in [6.45, 7) is 6.18. The maximum absolute atomic E-state index is 5.34. The first-order valence-electron chi connectivity index (χ1n) is 5.81. The van der Waals surface area contributed by atoms with E-state index in [1.807, 2.05) is 12.3 Å². The zero-order chi connectivity index (χ0) is 11.5. The molecule has 0 bridgehead atoms. The van der Waals surface area contributed by atoms with Gasteiger partial charge in [0.15, 0.2) is 0 Å². The highest BCUT2D eigenvalue weighted by atomic mass is 16.5. The Morgan fingerprint density at radius 2 is 2.31 bits per heavy atom. The van der Waals surface area contributed by atoms with Crippen molar-refractivity contribution in [2.24, 2.45) is 0 Å². The Bertz CT molecular complexity index is 354. The second kappa shape index (κ2) is 4.78. The molecule has 2 heterocycles. The summed E-state index contributed by atoms with van der Waals surface area (Å²) in [5.41, 5.74) is 1.10. The van der Waals surface area contributed by atoms with Gasteiger partial charge in [0.1, 0.15) is 0 Å². The molecule has 0 spiro atoms. The van der Waals surface area contributed by atoms with Crippen molar-refractivity contribution in [2.75, 3.05) is 25.1 Å². The van der Waals surface area contributed by atoms with Gasteiger partial charge in [-0.25, -0.2) is 9.97 Å². The van der Waals surface area contributed by atoms with Gasteiger partial charge in [0, 0.05) is 32.1 Å². The molecule has 2 rings (SSSR count). The van der Waals surface area contributed by atoms with Crippen LogP contribution in [0.3, 0.4) is 0 Å². The number of rotatable bonds is 3. The van der Waals surface area contributed by atoms with E-state index >= 15 is 0 Å². The van der Waals surface area contributed by atoms with E-state index in [-0.39, 0.29) is 0 Å². The van der Waals surface area contributed by atoms with Crippen LogP contribution in [0.2, 0.25) is 0 Å². The summed E-state index contributed by atoms with van der Waals surface area (Å²) < 4.78 is 5.34. The fourth-order valence-corrected chi connectivity index (χ4v) is 1.94. The normalized spacial score (nSPS) is 20.8. The topological polar surface area (TPSA) is 38.2 Å². The van der Waals surface area contributed by atoms with Gasteiger partial charge in [0.2, 0.25) is 5.95 Å². The van der Waals surface area contributed by atoms with Gasteiger partial charge in [-0.15, -0.1) is 0 Å². The first-order valence-corrected chi connectivity index (χ1v) is 5.81. The fraction of sp³-hybridized carbons (Fsp3) is 0.667. The van der Waals surface area contributed by atoms with Crippen LogP contribution < -0.4 is 4.90 Å². The maximum Gasteiger partial charge on any atom is 0.225 e. The number of hydrogen-bond donors (Lipinski definition) is 0. The number of anilines is 1. The minimum atomic E-state index is 0.325. The summed E-state index contributed by atoms with van der Waals surface area (Å²) in [5.74, 6) is 1.29. The van der Waals surface area contributed by atoms with Crippen LogP contribution in [-0.2, 0) is 4.74 Å². The van der Waals surface area contributed by atoms with Crippen LogP contribution in [-0.4, -0.2) is 36.3 Å². The molecule has 88 valence electrons. The van der Waals surface area contributed by atoms with Crippen molar-refractivity contribution in [1.29, 1.82) is 0 Å². The van der Waals surface area contributed by atoms with Gasteiger partial charge in [-0.05, 0) is 18.4 Å². The van der Waals surface area contributed by atoms with E-state index in [4.69, 9.17) is 4.74 Å².